The molecule has 0 aliphatic carbocycles. The number of benzene rings is 2. The zero-order valence-electron chi connectivity index (χ0n) is 13.1. The third kappa shape index (κ3) is 3.06. The molecule has 2 aromatic carbocycles. The summed E-state index contributed by atoms with van der Waals surface area (Å²) in [5.41, 5.74) is 2.23. The second-order valence-corrected chi connectivity index (χ2v) is 6.03. The summed E-state index contributed by atoms with van der Waals surface area (Å²) in [6.45, 7) is 1.88. The number of hydrogen-bond donors (Lipinski definition) is 2. The average Bonchev–Trinajstić information content (AvgIpc) is 3.24. The molecule has 126 valence electrons. The zero-order valence-corrected chi connectivity index (χ0v) is 13.9. The molecule has 0 aliphatic rings. The lowest BCUT2D eigenvalue weighted by atomic mass is 10.1. The van der Waals surface area contributed by atoms with Crippen molar-refractivity contribution in [3.63, 3.8) is 0 Å². The summed E-state index contributed by atoms with van der Waals surface area (Å²) in [4.78, 5) is 0. The number of fused-ring (bicyclic) bond motifs is 1. The fourth-order valence-corrected chi connectivity index (χ4v) is 2.85. The van der Waals surface area contributed by atoms with Gasteiger partial charge in [-0.3, -0.25) is 5.10 Å². The van der Waals surface area contributed by atoms with Crippen LogP contribution < -0.4 is 5.32 Å². The quantitative estimate of drug-likeness (QED) is 0.559. The van der Waals surface area contributed by atoms with E-state index in [2.05, 4.69) is 25.7 Å². The molecule has 6 nitrogen and oxygen atoms in total. The van der Waals surface area contributed by atoms with Gasteiger partial charge in [-0.1, -0.05) is 28.8 Å². The average molecular weight is 358 g/mol. The van der Waals surface area contributed by atoms with E-state index in [9.17, 15) is 4.39 Å². The van der Waals surface area contributed by atoms with Crippen molar-refractivity contribution in [2.45, 2.75) is 13.0 Å². The summed E-state index contributed by atoms with van der Waals surface area (Å²) < 4.78 is 19.0. The lowest BCUT2D eigenvalue weighted by molar-refractivity contribution is 0.572. The molecule has 4 rings (SSSR count). The number of rotatable bonds is 4. The Hall–Kier alpha value is -2.93. The number of aromatic amines is 1. The van der Waals surface area contributed by atoms with Crippen molar-refractivity contribution in [1.29, 1.82) is 0 Å². The maximum atomic E-state index is 13.3. The number of nitrogens with zero attached hydrogens (tertiary/aromatic N) is 3. The van der Waals surface area contributed by atoms with Crippen molar-refractivity contribution in [3.05, 3.63) is 59.0 Å². The highest BCUT2D eigenvalue weighted by molar-refractivity contribution is 6.35. The van der Waals surface area contributed by atoms with Gasteiger partial charge >= 0.3 is 6.01 Å². The first kappa shape index (κ1) is 15.6. The van der Waals surface area contributed by atoms with Gasteiger partial charge in [0.2, 0.25) is 5.89 Å². The Morgan fingerprint density at radius 1 is 1.24 bits per heavy atom. The van der Waals surface area contributed by atoms with Crippen molar-refractivity contribution in [1.82, 2.24) is 20.4 Å². The molecule has 0 saturated carbocycles. The molecule has 2 heterocycles. The van der Waals surface area contributed by atoms with E-state index in [1.54, 1.807) is 18.3 Å². The van der Waals surface area contributed by atoms with Gasteiger partial charge in [-0.2, -0.15) is 5.10 Å². The monoisotopic (exact) mass is 357 g/mol. The third-order valence-electron chi connectivity index (χ3n) is 3.86. The van der Waals surface area contributed by atoms with E-state index in [0.29, 0.717) is 16.5 Å². The van der Waals surface area contributed by atoms with Crippen LogP contribution in [-0.4, -0.2) is 20.4 Å². The molecule has 0 saturated heterocycles. The van der Waals surface area contributed by atoms with Gasteiger partial charge in [-0.15, -0.1) is 5.10 Å². The van der Waals surface area contributed by atoms with Crippen LogP contribution in [0, 0.1) is 5.82 Å². The summed E-state index contributed by atoms with van der Waals surface area (Å²) in [5, 5.41) is 19.3. The molecule has 0 amide bonds. The van der Waals surface area contributed by atoms with Crippen LogP contribution in [0.15, 0.2) is 47.0 Å². The van der Waals surface area contributed by atoms with Gasteiger partial charge in [-0.05, 0) is 36.8 Å². The number of halogens is 2. The molecule has 0 spiro atoms. The highest BCUT2D eigenvalue weighted by Gasteiger charge is 2.14. The smallest absolute Gasteiger partial charge is 0.316 e. The van der Waals surface area contributed by atoms with E-state index in [1.807, 2.05) is 19.1 Å². The summed E-state index contributed by atoms with van der Waals surface area (Å²) in [6.07, 6.45) is 1.67. The van der Waals surface area contributed by atoms with Crippen LogP contribution in [0.4, 0.5) is 10.4 Å². The van der Waals surface area contributed by atoms with Crippen LogP contribution in [0.5, 0.6) is 0 Å². The van der Waals surface area contributed by atoms with Crippen LogP contribution >= 0.6 is 11.6 Å². The van der Waals surface area contributed by atoms with Crippen molar-refractivity contribution < 1.29 is 8.81 Å². The molecule has 0 bridgehead atoms. The maximum absolute atomic E-state index is 13.3. The molecule has 2 N–H and O–H groups in total. The Bertz CT molecular complexity index is 1040. The molecular weight excluding hydrogens is 345 g/mol. The number of nitrogens with one attached hydrogen (secondary N) is 2. The zero-order chi connectivity index (χ0) is 17.4. The second-order valence-electron chi connectivity index (χ2n) is 5.63. The van der Waals surface area contributed by atoms with E-state index in [1.165, 1.54) is 12.1 Å². The summed E-state index contributed by atoms with van der Waals surface area (Å²) >= 11 is 6.23. The van der Waals surface area contributed by atoms with Crippen LogP contribution in [0.1, 0.15) is 18.5 Å². The normalized spacial score (nSPS) is 12.4. The molecule has 8 heteroatoms. The minimum atomic E-state index is -0.291. The number of anilines is 1. The van der Waals surface area contributed by atoms with Gasteiger partial charge in [0.1, 0.15) is 5.82 Å². The Labute approximate surface area is 147 Å². The lowest BCUT2D eigenvalue weighted by Gasteiger charge is -2.11. The molecular formula is C17H13ClFN5O. The first-order valence-electron chi connectivity index (χ1n) is 7.58. The van der Waals surface area contributed by atoms with Crippen LogP contribution in [0.2, 0.25) is 5.02 Å². The fourth-order valence-electron chi connectivity index (χ4n) is 2.58. The maximum Gasteiger partial charge on any atom is 0.316 e. The van der Waals surface area contributed by atoms with Gasteiger partial charge in [-0.25, -0.2) is 4.39 Å². The summed E-state index contributed by atoms with van der Waals surface area (Å²) in [6, 6.07) is 9.99. The summed E-state index contributed by atoms with van der Waals surface area (Å²) in [5.74, 6) is 0.0411. The van der Waals surface area contributed by atoms with E-state index in [4.69, 9.17) is 16.0 Å². The molecule has 0 unspecified atom stereocenters. The Morgan fingerprint density at radius 3 is 2.96 bits per heavy atom. The predicted molar refractivity (Wildman–Crippen MR) is 92.8 cm³/mol. The van der Waals surface area contributed by atoms with Crippen molar-refractivity contribution in [2.24, 2.45) is 0 Å². The van der Waals surface area contributed by atoms with E-state index in [-0.39, 0.29) is 17.9 Å². The van der Waals surface area contributed by atoms with Crippen molar-refractivity contribution in [2.75, 3.05) is 5.32 Å². The molecule has 0 radical (unpaired) electrons. The van der Waals surface area contributed by atoms with Crippen LogP contribution in [0.3, 0.4) is 0 Å². The van der Waals surface area contributed by atoms with Gasteiger partial charge in [0, 0.05) is 10.9 Å². The Kier molecular flexibility index (Phi) is 3.85. The van der Waals surface area contributed by atoms with Gasteiger partial charge in [0.15, 0.2) is 0 Å². The lowest BCUT2D eigenvalue weighted by Crippen LogP contribution is -2.07. The molecule has 0 aliphatic heterocycles. The SMILES string of the molecule is C[C@H](Nc1nnc(-c2cc(Cl)c3[nH]ncc3c2)o1)c1cccc(F)c1. The second kappa shape index (κ2) is 6.18. The number of H-pyrrole nitrogens is 1. The van der Waals surface area contributed by atoms with Crippen LogP contribution in [-0.2, 0) is 0 Å². The van der Waals surface area contributed by atoms with E-state index < -0.39 is 0 Å². The summed E-state index contributed by atoms with van der Waals surface area (Å²) in [7, 11) is 0. The number of hydrogen-bond acceptors (Lipinski definition) is 5. The highest BCUT2D eigenvalue weighted by Crippen LogP contribution is 2.30. The third-order valence-corrected chi connectivity index (χ3v) is 4.16. The van der Waals surface area contributed by atoms with Crippen LogP contribution in [0.25, 0.3) is 22.4 Å². The topological polar surface area (TPSA) is 79.6 Å². The minimum Gasteiger partial charge on any atom is -0.403 e. The Morgan fingerprint density at radius 2 is 2.12 bits per heavy atom. The van der Waals surface area contributed by atoms with Crippen molar-refractivity contribution >= 4 is 28.5 Å². The first-order chi connectivity index (χ1) is 12.1. The standard InChI is InChI=1S/C17H13ClFN5O/c1-9(10-3-2-4-13(19)6-10)21-17-24-23-16(25-17)11-5-12-8-20-22-15(12)14(18)7-11/h2-9H,1H3,(H,20,22)(H,21,24)/t9-/m0/s1. The molecule has 4 aromatic rings. The Balaban J connectivity index is 1.59. The predicted octanol–water partition coefficient (Wildman–Crippen LogP) is 4.58. The van der Waals surface area contributed by atoms with Gasteiger partial charge < -0.3 is 9.73 Å². The largest absolute Gasteiger partial charge is 0.403 e. The highest BCUT2D eigenvalue weighted by atomic mass is 35.5. The van der Waals surface area contributed by atoms with Gasteiger partial charge in [0.25, 0.3) is 0 Å². The van der Waals surface area contributed by atoms with E-state index >= 15 is 0 Å². The fraction of sp³-hybridized carbons (Fsp3) is 0.118. The molecule has 2 aromatic heterocycles. The minimum absolute atomic E-state index is 0.191. The first-order valence-corrected chi connectivity index (χ1v) is 7.96. The van der Waals surface area contributed by atoms with E-state index in [0.717, 1.165) is 16.5 Å². The molecule has 1 atom stereocenters. The molecule has 0 fully saturated rings. The van der Waals surface area contributed by atoms with Gasteiger partial charge in [0.05, 0.1) is 22.8 Å². The molecule has 25 heavy (non-hydrogen) atoms. The number of aromatic nitrogens is 4. The van der Waals surface area contributed by atoms with Crippen molar-refractivity contribution in [3.8, 4) is 11.5 Å².